The molecule has 0 saturated heterocycles. The molecular formula is C19H18N4O2S. The second kappa shape index (κ2) is 7.93. The molecule has 0 radical (unpaired) electrons. The van der Waals surface area contributed by atoms with Gasteiger partial charge in [0, 0.05) is 22.8 Å². The van der Waals surface area contributed by atoms with Crippen molar-refractivity contribution >= 4 is 35.0 Å². The number of benzene rings is 2. The molecule has 2 aromatic rings. The Kier molecular flexibility index (Phi) is 5.44. The summed E-state index contributed by atoms with van der Waals surface area (Å²) in [6.07, 6.45) is 0.901. The summed E-state index contributed by atoms with van der Waals surface area (Å²) in [5, 5.41) is 11.8. The van der Waals surface area contributed by atoms with Crippen LogP contribution in [0, 0.1) is 11.3 Å². The number of carbonyl (C=O) groups excluding carboxylic acids is 2. The maximum Gasteiger partial charge on any atom is 0.256 e. The predicted molar refractivity (Wildman–Crippen MR) is 102 cm³/mol. The average molecular weight is 366 g/mol. The van der Waals surface area contributed by atoms with Crippen molar-refractivity contribution in [3.63, 3.8) is 0 Å². The number of carbonyl (C=O) groups is 2. The van der Waals surface area contributed by atoms with Gasteiger partial charge in [0.2, 0.25) is 5.91 Å². The lowest BCUT2D eigenvalue weighted by Crippen LogP contribution is -2.20. The van der Waals surface area contributed by atoms with Crippen LogP contribution in [0.5, 0.6) is 0 Å². The van der Waals surface area contributed by atoms with E-state index in [1.165, 1.54) is 17.3 Å². The molecule has 0 bridgehead atoms. The molecule has 0 saturated carbocycles. The van der Waals surface area contributed by atoms with Crippen molar-refractivity contribution < 1.29 is 9.59 Å². The van der Waals surface area contributed by atoms with E-state index in [1.54, 1.807) is 18.2 Å². The van der Waals surface area contributed by atoms with Crippen LogP contribution in [0.3, 0.4) is 0 Å². The third-order valence-electron chi connectivity index (χ3n) is 4.10. The summed E-state index contributed by atoms with van der Waals surface area (Å²) in [6.45, 7) is 1.14. The lowest BCUT2D eigenvalue weighted by molar-refractivity contribution is -0.115. The zero-order valence-electron chi connectivity index (χ0n) is 14.1. The molecule has 26 heavy (non-hydrogen) atoms. The Morgan fingerprint density at radius 1 is 1.27 bits per heavy atom. The summed E-state index contributed by atoms with van der Waals surface area (Å²) in [5.74, 6) is -0.560. The van der Waals surface area contributed by atoms with Crippen molar-refractivity contribution in [1.82, 2.24) is 0 Å². The fraction of sp³-hybridized carbons (Fsp3) is 0.211. The Balaban J connectivity index is 1.78. The molecule has 0 unspecified atom stereocenters. The predicted octanol–water partition coefficient (Wildman–Crippen LogP) is 2.40. The van der Waals surface area contributed by atoms with Crippen LogP contribution in [0.2, 0.25) is 0 Å². The molecule has 0 spiro atoms. The van der Waals surface area contributed by atoms with Gasteiger partial charge in [-0.3, -0.25) is 9.59 Å². The number of hydrogen-bond acceptors (Lipinski definition) is 5. The quantitative estimate of drug-likeness (QED) is 0.604. The minimum Gasteiger partial charge on any atom is -0.369 e. The minimum absolute atomic E-state index is 0.117. The number of nitrogens with two attached hydrogens (primary N) is 1. The highest BCUT2D eigenvalue weighted by Gasteiger charge is 2.20. The highest BCUT2D eigenvalue weighted by Crippen LogP contribution is 2.31. The van der Waals surface area contributed by atoms with Crippen molar-refractivity contribution in [2.24, 2.45) is 5.73 Å². The zero-order chi connectivity index (χ0) is 18.5. The maximum absolute atomic E-state index is 12.7. The van der Waals surface area contributed by atoms with Crippen molar-refractivity contribution in [1.29, 1.82) is 5.26 Å². The van der Waals surface area contributed by atoms with Crippen LogP contribution in [-0.2, 0) is 11.2 Å². The molecule has 132 valence electrons. The molecule has 1 aliphatic heterocycles. The summed E-state index contributed by atoms with van der Waals surface area (Å²) in [4.78, 5) is 26.4. The van der Waals surface area contributed by atoms with Gasteiger partial charge in [-0.25, -0.2) is 0 Å². The van der Waals surface area contributed by atoms with Crippen LogP contribution in [0.15, 0.2) is 47.4 Å². The highest BCUT2D eigenvalue weighted by molar-refractivity contribution is 8.00. The Hall–Kier alpha value is -2.98. The summed E-state index contributed by atoms with van der Waals surface area (Å²) in [5.41, 5.74) is 8.52. The van der Waals surface area contributed by atoms with Gasteiger partial charge in [0.15, 0.2) is 0 Å². The van der Waals surface area contributed by atoms with E-state index in [4.69, 9.17) is 11.0 Å². The van der Waals surface area contributed by atoms with Gasteiger partial charge < -0.3 is 16.0 Å². The molecule has 0 aromatic heterocycles. The van der Waals surface area contributed by atoms with Crippen molar-refractivity contribution in [2.45, 2.75) is 11.3 Å². The van der Waals surface area contributed by atoms with Gasteiger partial charge in [0.05, 0.1) is 17.4 Å². The molecule has 0 aliphatic carbocycles. The molecule has 3 rings (SSSR count). The molecule has 0 atom stereocenters. The van der Waals surface area contributed by atoms with Gasteiger partial charge in [-0.2, -0.15) is 5.26 Å². The SMILES string of the molecule is N#CCN1CCc2ccc(NC(=O)c3ccccc3SCC(N)=O)cc21. The molecule has 6 nitrogen and oxygen atoms in total. The van der Waals surface area contributed by atoms with E-state index >= 15 is 0 Å². The molecule has 3 N–H and O–H groups in total. The summed E-state index contributed by atoms with van der Waals surface area (Å²) in [6, 6.07) is 15.0. The van der Waals surface area contributed by atoms with E-state index in [1.807, 2.05) is 29.2 Å². The summed E-state index contributed by atoms with van der Waals surface area (Å²) in [7, 11) is 0. The van der Waals surface area contributed by atoms with E-state index in [0.717, 1.165) is 18.7 Å². The van der Waals surface area contributed by atoms with Crippen molar-refractivity contribution in [2.75, 3.05) is 29.1 Å². The topological polar surface area (TPSA) is 99.2 Å². The van der Waals surface area contributed by atoms with Crippen LogP contribution < -0.4 is 16.0 Å². The monoisotopic (exact) mass is 366 g/mol. The maximum atomic E-state index is 12.7. The van der Waals surface area contributed by atoms with Gasteiger partial charge in [-0.15, -0.1) is 11.8 Å². The van der Waals surface area contributed by atoms with Crippen LogP contribution in [-0.4, -0.2) is 30.7 Å². The molecule has 1 aliphatic rings. The first kappa shape index (κ1) is 17.8. The first-order valence-corrected chi connectivity index (χ1v) is 9.13. The average Bonchev–Trinajstić information content (AvgIpc) is 3.03. The van der Waals surface area contributed by atoms with E-state index in [0.29, 0.717) is 22.7 Å². The van der Waals surface area contributed by atoms with Gasteiger partial charge >= 0.3 is 0 Å². The minimum atomic E-state index is -0.429. The smallest absolute Gasteiger partial charge is 0.256 e. The summed E-state index contributed by atoms with van der Waals surface area (Å²) < 4.78 is 0. The van der Waals surface area contributed by atoms with Gasteiger partial charge in [-0.05, 0) is 36.2 Å². The third kappa shape index (κ3) is 3.98. The first-order chi connectivity index (χ1) is 12.6. The lowest BCUT2D eigenvalue weighted by Gasteiger charge is -2.16. The van der Waals surface area contributed by atoms with Gasteiger partial charge in [0.25, 0.3) is 5.91 Å². The van der Waals surface area contributed by atoms with E-state index < -0.39 is 5.91 Å². The highest BCUT2D eigenvalue weighted by atomic mass is 32.2. The molecule has 2 amide bonds. The number of rotatable bonds is 6. The fourth-order valence-corrected chi connectivity index (χ4v) is 3.69. The Labute approximate surface area is 156 Å². The summed E-state index contributed by atoms with van der Waals surface area (Å²) >= 11 is 1.24. The van der Waals surface area contributed by atoms with Crippen molar-refractivity contribution in [3.8, 4) is 6.07 Å². The Bertz CT molecular complexity index is 891. The molecular weight excluding hydrogens is 348 g/mol. The van der Waals surface area contributed by atoms with Gasteiger partial charge in [-0.1, -0.05) is 18.2 Å². The van der Waals surface area contributed by atoms with Gasteiger partial charge in [0.1, 0.15) is 6.54 Å². The van der Waals surface area contributed by atoms with E-state index in [2.05, 4.69) is 11.4 Å². The number of nitrogens with zero attached hydrogens (tertiary/aromatic N) is 2. The normalized spacial score (nSPS) is 12.3. The third-order valence-corrected chi connectivity index (χ3v) is 5.19. The number of anilines is 2. The van der Waals surface area contributed by atoms with E-state index in [-0.39, 0.29) is 11.7 Å². The standard InChI is InChI=1S/C19H18N4O2S/c20-8-10-23-9-7-13-5-6-14(11-16(13)23)22-19(25)15-3-1-2-4-17(15)26-12-18(21)24/h1-6,11H,7,9-10,12H2,(H2,21,24)(H,22,25). The molecule has 1 heterocycles. The second-order valence-electron chi connectivity index (χ2n) is 5.88. The number of nitriles is 1. The van der Waals surface area contributed by atoms with Crippen LogP contribution >= 0.6 is 11.8 Å². The first-order valence-electron chi connectivity index (χ1n) is 8.15. The van der Waals surface area contributed by atoms with Crippen LogP contribution in [0.1, 0.15) is 15.9 Å². The number of nitrogens with one attached hydrogen (secondary N) is 1. The lowest BCUT2D eigenvalue weighted by atomic mass is 10.1. The van der Waals surface area contributed by atoms with Crippen LogP contribution in [0.25, 0.3) is 0 Å². The zero-order valence-corrected chi connectivity index (χ0v) is 14.9. The number of amides is 2. The van der Waals surface area contributed by atoms with E-state index in [9.17, 15) is 9.59 Å². The molecule has 0 fully saturated rings. The Morgan fingerprint density at radius 3 is 2.85 bits per heavy atom. The fourth-order valence-electron chi connectivity index (χ4n) is 2.90. The Morgan fingerprint density at radius 2 is 2.08 bits per heavy atom. The molecule has 7 heteroatoms. The molecule has 2 aromatic carbocycles. The number of fused-ring (bicyclic) bond motifs is 1. The van der Waals surface area contributed by atoms with Crippen LogP contribution in [0.4, 0.5) is 11.4 Å². The largest absolute Gasteiger partial charge is 0.369 e. The second-order valence-corrected chi connectivity index (χ2v) is 6.90. The number of thioether (sulfide) groups is 1. The number of hydrogen-bond donors (Lipinski definition) is 2. The number of primary amides is 1. The van der Waals surface area contributed by atoms with Crippen molar-refractivity contribution in [3.05, 3.63) is 53.6 Å².